The number of benzene rings is 3. The monoisotopic (exact) mass is 487 g/mol. The SMILES string of the molecule is O=C(Nc1ccccc1)Nc1cccc(Cn2[nH]c(=O)c3[nH]c4cc(Cl)ccc4c(=O)c3c2=O)c1. The molecule has 2 aromatic heterocycles. The van der Waals surface area contributed by atoms with Crippen molar-refractivity contribution in [3.63, 3.8) is 0 Å². The molecule has 0 atom stereocenters. The van der Waals surface area contributed by atoms with Gasteiger partial charge in [-0.2, -0.15) is 0 Å². The Balaban J connectivity index is 1.47. The number of rotatable bonds is 4. The molecule has 2 heterocycles. The lowest BCUT2D eigenvalue weighted by Crippen LogP contribution is -2.34. The van der Waals surface area contributed by atoms with E-state index in [1.54, 1.807) is 54.6 Å². The van der Waals surface area contributed by atoms with Gasteiger partial charge in [-0.05, 0) is 48.0 Å². The summed E-state index contributed by atoms with van der Waals surface area (Å²) in [6.45, 7) is -0.0159. The Hall–Kier alpha value is -4.63. The summed E-state index contributed by atoms with van der Waals surface area (Å²) in [5.74, 6) is 0. The molecule has 35 heavy (non-hydrogen) atoms. The van der Waals surface area contributed by atoms with Gasteiger partial charge in [0.25, 0.3) is 11.1 Å². The van der Waals surface area contributed by atoms with Gasteiger partial charge in [-0.1, -0.05) is 41.9 Å². The summed E-state index contributed by atoms with van der Waals surface area (Å²) in [5, 5.41) is 8.38. The van der Waals surface area contributed by atoms with Gasteiger partial charge in [0.05, 0.1) is 12.1 Å². The molecule has 0 aliphatic rings. The Bertz CT molecular complexity index is 1770. The quantitative estimate of drug-likeness (QED) is 0.287. The molecule has 0 aliphatic carbocycles. The summed E-state index contributed by atoms with van der Waals surface area (Å²) < 4.78 is 1.07. The van der Waals surface area contributed by atoms with Gasteiger partial charge in [0.1, 0.15) is 10.9 Å². The Labute approximate surface area is 202 Å². The fourth-order valence-corrected chi connectivity index (χ4v) is 4.03. The number of pyridine rings is 1. The predicted molar refractivity (Wildman–Crippen MR) is 137 cm³/mol. The third-order valence-electron chi connectivity index (χ3n) is 5.44. The minimum atomic E-state index is -0.641. The molecule has 4 N–H and O–H groups in total. The lowest BCUT2D eigenvalue weighted by Gasteiger charge is -2.11. The van der Waals surface area contributed by atoms with Crippen LogP contribution >= 0.6 is 11.6 Å². The van der Waals surface area contributed by atoms with E-state index in [4.69, 9.17) is 11.6 Å². The first-order valence-corrected chi connectivity index (χ1v) is 11.0. The number of carbonyl (C=O) groups is 1. The predicted octanol–water partition coefficient (Wildman–Crippen LogP) is 3.88. The minimum absolute atomic E-state index is 0.0159. The first kappa shape index (κ1) is 22.2. The zero-order chi connectivity index (χ0) is 24.5. The van der Waals surface area contributed by atoms with Crippen LogP contribution < -0.4 is 27.2 Å². The molecular formula is C25H18ClN5O4. The summed E-state index contributed by atoms with van der Waals surface area (Å²) in [6, 6.07) is 19.9. The number of H-pyrrole nitrogens is 2. The standard InChI is InChI=1S/C25H18ClN5O4/c26-15-9-10-18-19(12-15)29-21-20(22(18)32)24(34)31(30-23(21)33)13-14-5-4-8-17(11-14)28-25(35)27-16-6-2-1-3-7-16/h1-12H,13H2,(H,29,32)(H,30,33)(H2,27,28,35). The molecule has 174 valence electrons. The van der Waals surface area contributed by atoms with Crippen molar-refractivity contribution < 1.29 is 4.79 Å². The normalized spacial score (nSPS) is 11.0. The topological polar surface area (TPSA) is 129 Å². The number of aromatic nitrogens is 3. The number of nitrogens with one attached hydrogen (secondary N) is 4. The molecule has 3 aromatic carbocycles. The van der Waals surface area contributed by atoms with Gasteiger partial charge in [0.2, 0.25) is 5.43 Å². The average molecular weight is 488 g/mol. The van der Waals surface area contributed by atoms with E-state index in [0.717, 1.165) is 4.68 Å². The number of hydrogen-bond donors (Lipinski definition) is 4. The lowest BCUT2D eigenvalue weighted by atomic mass is 10.1. The number of anilines is 2. The Kier molecular flexibility index (Phi) is 5.68. The number of carbonyl (C=O) groups excluding carboxylic acids is 1. The second-order valence-corrected chi connectivity index (χ2v) is 8.31. The molecule has 0 bridgehead atoms. The fraction of sp³-hybridized carbons (Fsp3) is 0.0400. The van der Waals surface area contributed by atoms with Gasteiger partial charge >= 0.3 is 6.03 Å². The van der Waals surface area contributed by atoms with Crippen molar-refractivity contribution in [2.75, 3.05) is 10.6 Å². The molecule has 0 fully saturated rings. The van der Waals surface area contributed by atoms with Crippen LogP contribution in [0.15, 0.2) is 87.2 Å². The summed E-state index contributed by atoms with van der Waals surface area (Å²) in [4.78, 5) is 54.0. The second-order valence-electron chi connectivity index (χ2n) is 7.87. The van der Waals surface area contributed by atoms with Gasteiger partial charge in [-0.15, -0.1) is 0 Å². The van der Waals surface area contributed by atoms with E-state index in [2.05, 4.69) is 20.7 Å². The van der Waals surface area contributed by atoms with Crippen molar-refractivity contribution in [3.05, 3.63) is 114 Å². The first-order valence-electron chi connectivity index (χ1n) is 10.6. The smallest absolute Gasteiger partial charge is 0.323 e. The van der Waals surface area contributed by atoms with Gasteiger partial charge < -0.3 is 15.6 Å². The first-order chi connectivity index (χ1) is 16.9. The van der Waals surface area contributed by atoms with Crippen molar-refractivity contribution >= 4 is 50.8 Å². The van der Waals surface area contributed by atoms with Crippen LogP contribution in [-0.2, 0) is 6.54 Å². The van der Waals surface area contributed by atoms with E-state index in [-0.39, 0.29) is 22.8 Å². The Morgan fingerprint density at radius 1 is 0.886 bits per heavy atom. The number of fused-ring (bicyclic) bond motifs is 2. The number of para-hydroxylation sites is 1. The molecule has 10 heteroatoms. The highest BCUT2D eigenvalue weighted by Gasteiger charge is 2.15. The maximum Gasteiger partial charge on any atom is 0.323 e. The van der Waals surface area contributed by atoms with E-state index in [9.17, 15) is 19.2 Å². The van der Waals surface area contributed by atoms with E-state index >= 15 is 0 Å². The van der Waals surface area contributed by atoms with Crippen LogP contribution in [0.5, 0.6) is 0 Å². The van der Waals surface area contributed by atoms with Gasteiger partial charge in [0.15, 0.2) is 0 Å². The summed E-state index contributed by atoms with van der Waals surface area (Å²) >= 11 is 5.99. The van der Waals surface area contributed by atoms with Gasteiger partial charge in [-0.25, -0.2) is 9.48 Å². The number of halogens is 1. The third kappa shape index (κ3) is 4.44. The molecule has 0 saturated heterocycles. The number of urea groups is 1. The van der Waals surface area contributed by atoms with Crippen molar-refractivity contribution in [1.82, 2.24) is 14.8 Å². The molecule has 5 rings (SSSR count). The number of amides is 2. The molecule has 0 saturated carbocycles. The van der Waals surface area contributed by atoms with Crippen LogP contribution in [0.3, 0.4) is 0 Å². The van der Waals surface area contributed by atoms with E-state index < -0.39 is 22.6 Å². The minimum Gasteiger partial charge on any atom is -0.350 e. The van der Waals surface area contributed by atoms with E-state index in [0.29, 0.717) is 27.5 Å². The van der Waals surface area contributed by atoms with Crippen molar-refractivity contribution in [3.8, 4) is 0 Å². The van der Waals surface area contributed by atoms with Crippen molar-refractivity contribution in [1.29, 1.82) is 0 Å². The highest BCUT2D eigenvalue weighted by atomic mass is 35.5. The largest absolute Gasteiger partial charge is 0.350 e. The van der Waals surface area contributed by atoms with Crippen LogP contribution in [0.2, 0.25) is 5.02 Å². The van der Waals surface area contributed by atoms with Gasteiger partial charge in [-0.3, -0.25) is 19.5 Å². The van der Waals surface area contributed by atoms with Gasteiger partial charge in [0, 0.05) is 21.8 Å². The maximum absolute atomic E-state index is 13.1. The van der Waals surface area contributed by atoms with E-state index in [1.807, 2.05) is 6.07 Å². The Morgan fingerprint density at radius 2 is 1.63 bits per heavy atom. The van der Waals surface area contributed by atoms with Crippen LogP contribution in [0.4, 0.5) is 16.2 Å². The molecule has 5 aromatic rings. The van der Waals surface area contributed by atoms with Crippen LogP contribution in [0.1, 0.15) is 5.56 Å². The van der Waals surface area contributed by atoms with Crippen LogP contribution in [-0.4, -0.2) is 20.8 Å². The molecular weight excluding hydrogens is 470 g/mol. The lowest BCUT2D eigenvalue weighted by molar-refractivity contribution is 0.262. The molecule has 0 aliphatic heterocycles. The molecule has 2 amide bonds. The number of aromatic amines is 2. The van der Waals surface area contributed by atoms with E-state index in [1.165, 1.54) is 12.1 Å². The third-order valence-corrected chi connectivity index (χ3v) is 5.68. The summed E-state index contributed by atoms with van der Waals surface area (Å²) in [6.07, 6.45) is 0. The molecule has 0 spiro atoms. The summed E-state index contributed by atoms with van der Waals surface area (Å²) in [7, 11) is 0. The number of hydrogen-bond acceptors (Lipinski definition) is 4. The molecule has 0 radical (unpaired) electrons. The van der Waals surface area contributed by atoms with Crippen LogP contribution in [0, 0.1) is 0 Å². The highest BCUT2D eigenvalue weighted by molar-refractivity contribution is 6.31. The average Bonchev–Trinajstić information content (AvgIpc) is 2.83. The van der Waals surface area contributed by atoms with Crippen molar-refractivity contribution in [2.45, 2.75) is 6.54 Å². The van der Waals surface area contributed by atoms with Crippen LogP contribution in [0.25, 0.3) is 21.8 Å². The fourth-order valence-electron chi connectivity index (χ4n) is 3.86. The molecule has 0 unspecified atom stereocenters. The second kappa shape index (κ2) is 8.96. The highest BCUT2D eigenvalue weighted by Crippen LogP contribution is 2.17. The van der Waals surface area contributed by atoms with Crippen molar-refractivity contribution in [2.24, 2.45) is 0 Å². The number of nitrogens with zero attached hydrogens (tertiary/aromatic N) is 1. The molecule has 9 nitrogen and oxygen atoms in total. The zero-order valence-electron chi connectivity index (χ0n) is 18.1. The maximum atomic E-state index is 13.1. The summed E-state index contributed by atoms with van der Waals surface area (Å²) in [5.41, 5.74) is 0.207. The zero-order valence-corrected chi connectivity index (χ0v) is 18.8. The Morgan fingerprint density at radius 3 is 2.43 bits per heavy atom.